The Morgan fingerprint density at radius 3 is 2.50 bits per heavy atom. The molecule has 0 N–H and O–H groups in total. The van der Waals surface area contributed by atoms with Crippen LogP contribution in [0.25, 0.3) is 0 Å². The molecule has 0 fully saturated rings. The molecule has 3 nitrogen and oxygen atoms in total. The summed E-state index contributed by atoms with van der Waals surface area (Å²) >= 11 is 6.34. The van der Waals surface area contributed by atoms with Gasteiger partial charge < -0.3 is 9.80 Å². The predicted octanol–water partition coefficient (Wildman–Crippen LogP) is 3.80. The van der Waals surface area contributed by atoms with Crippen LogP contribution in [0.1, 0.15) is 5.56 Å². The summed E-state index contributed by atoms with van der Waals surface area (Å²) in [6.07, 6.45) is 0. The number of nitriles is 1. The molecule has 20 heavy (non-hydrogen) atoms. The third-order valence-corrected chi connectivity index (χ3v) is 3.91. The number of para-hydroxylation sites is 2. The van der Waals surface area contributed by atoms with E-state index in [4.69, 9.17) is 16.9 Å². The number of likely N-dealkylation sites (N-methyl/N-ethyl adjacent to an activating group) is 1. The lowest BCUT2D eigenvalue weighted by molar-refractivity contribution is 0.822. The van der Waals surface area contributed by atoms with E-state index in [2.05, 4.69) is 35.0 Å². The monoisotopic (exact) mass is 283 g/mol. The smallest absolute Gasteiger partial charge is 0.0992 e. The summed E-state index contributed by atoms with van der Waals surface area (Å²) in [5.41, 5.74) is 3.87. The number of hydrogen-bond acceptors (Lipinski definition) is 3. The van der Waals surface area contributed by atoms with E-state index in [1.807, 2.05) is 24.3 Å². The maximum absolute atomic E-state index is 8.93. The van der Waals surface area contributed by atoms with Crippen molar-refractivity contribution in [1.82, 2.24) is 0 Å². The molecule has 1 aliphatic heterocycles. The summed E-state index contributed by atoms with van der Waals surface area (Å²) in [7, 11) is 2.09. The normalized spacial score (nSPS) is 13.8. The molecule has 0 atom stereocenters. The van der Waals surface area contributed by atoms with Gasteiger partial charge in [0.25, 0.3) is 0 Å². The van der Waals surface area contributed by atoms with Gasteiger partial charge >= 0.3 is 0 Å². The number of nitrogens with zero attached hydrogens (tertiary/aromatic N) is 3. The zero-order chi connectivity index (χ0) is 14.1. The van der Waals surface area contributed by atoms with Gasteiger partial charge in [0.05, 0.1) is 33.7 Å². The molecule has 0 unspecified atom stereocenters. The fourth-order valence-electron chi connectivity index (χ4n) is 2.55. The van der Waals surface area contributed by atoms with Crippen molar-refractivity contribution in [2.75, 3.05) is 29.9 Å². The van der Waals surface area contributed by atoms with E-state index in [-0.39, 0.29) is 0 Å². The van der Waals surface area contributed by atoms with Crippen molar-refractivity contribution in [2.45, 2.75) is 0 Å². The summed E-state index contributed by atoms with van der Waals surface area (Å²) in [4.78, 5) is 4.45. The first-order chi connectivity index (χ1) is 9.70. The number of halogens is 1. The molecule has 2 aromatic rings. The zero-order valence-electron chi connectivity index (χ0n) is 11.2. The lowest BCUT2D eigenvalue weighted by Crippen LogP contribution is -2.36. The van der Waals surface area contributed by atoms with Crippen LogP contribution in [0, 0.1) is 11.3 Å². The highest BCUT2D eigenvalue weighted by Gasteiger charge is 2.22. The van der Waals surface area contributed by atoms with Crippen LogP contribution in [-0.2, 0) is 0 Å². The largest absolute Gasteiger partial charge is 0.371 e. The quantitative estimate of drug-likeness (QED) is 0.797. The van der Waals surface area contributed by atoms with Crippen LogP contribution in [0.5, 0.6) is 0 Å². The molecule has 0 aromatic heterocycles. The van der Waals surface area contributed by atoms with Crippen molar-refractivity contribution in [3.63, 3.8) is 0 Å². The Labute approximate surface area is 123 Å². The van der Waals surface area contributed by atoms with Crippen LogP contribution in [0.4, 0.5) is 17.1 Å². The predicted molar refractivity (Wildman–Crippen MR) is 82.9 cm³/mol. The van der Waals surface area contributed by atoms with Gasteiger partial charge in [-0.2, -0.15) is 5.26 Å². The summed E-state index contributed by atoms with van der Waals surface area (Å²) in [5.74, 6) is 0. The lowest BCUT2D eigenvalue weighted by atomic mass is 10.1. The third kappa shape index (κ3) is 2.09. The number of hydrogen-bond donors (Lipinski definition) is 0. The van der Waals surface area contributed by atoms with E-state index in [0.29, 0.717) is 10.6 Å². The minimum absolute atomic E-state index is 0.584. The number of anilines is 3. The maximum Gasteiger partial charge on any atom is 0.0992 e. The average molecular weight is 284 g/mol. The Hall–Kier alpha value is -2.18. The van der Waals surface area contributed by atoms with Crippen molar-refractivity contribution >= 4 is 28.7 Å². The molecular weight excluding hydrogens is 270 g/mol. The molecule has 2 aromatic carbocycles. The second kappa shape index (κ2) is 5.07. The fraction of sp³-hybridized carbons (Fsp3) is 0.188. The highest BCUT2D eigenvalue weighted by molar-refractivity contribution is 6.33. The minimum atomic E-state index is 0.584. The number of fused-ring (bicyclic) bond motifs is 1. The first-order valence-corrected chi connectivity index (χ1v) is 6.86. The maximum atomic E-state index is 8.93. The van der Waals surface area contributed by atoms with Crippen LogP contribution in [-0.4, -0.2) is 20.1 Å². The van der Waals surface area contributed by atoms with E-state index in [0.717, 1.165) is 24.5 Å². The number of benzene rings is 2. The second-order valence-corrected chi connectivity index (χ2v) is 5.25. The molecule has 1 aliphatic rings. The van der Waals surface area contributed by atoms with Crippen LogP contribution < -0.4 is 9.80 Å². The molecule has 0 saturated carbocycles. The van der Waals surface area contributed by atoms with Gasteiger partial charge in [-0.25, -0.2) is 0 Å². The van der Waals surface area contributed by atoms with Crippen molar-refractivity contribution in [2.24, 2.45) is 0 Å². The van der Waals surface area contributed by atoms with Gasteiger partial charge in [0.2, 0.25) is 0 Å². The van der Waals surface area contributed by atoms with Gasteiger partial charge in [0.1, 0.15) is 0 Å². The van der Waals surface area contributed by atoms with Crippen molar-refractivity contribution < 1.29 is 0 Å². The molecule has 0 amide bonds. The molecule has 0 saturated heterocycles. The van der Waals surface area contributed by atoms with E-state index in [1.54, 1.807) is 6.07 Å². The summed E-state index contributed by atoms with van der Waals surface area (Å²) in [6.45, 7) is 1.81. The Morgan fingerprint density at radius 1 is 1.05 bits per heavy atom. The van der Waals surface area contributed by atoms with Crippen LogP contribution in [0.15, 0.2) is 42.5 Å². The topological polar surface area (TPSA) is 30.3 Å². The van der Waals surface area contributed by atoms with Crippen LogP contribution in [0.3, 0.4) is 0 Å². The Kier molecular flexibility index (Phi) is 3.25. The Morgan fingerprint density at radius 2 is 1.80 bits per heavy atom. The standard InChI is InChI=1S/C16H14ClN3/c1-19-8-9-20(16-5-3-2-4-15(16)19)14-7-6-12(11-18)10-13(14)17/h2-7,10H,8-9H2,1H3. The summed E-state index contributed by atoms with van der Waals surface area (Å²) < 4.78 is 0. The SMILES string of the molecule is CN1CCN(c2ccc(C#N)cc2Cl)c2ccccc21. The molecule has 0 bridgehead atoms. The van der Waals surface area contributed by atoms with Gasteiger partial charge in [-0.15, -0.1) is 0 Å². The van der Waals surface area contributed by atoms with E-state index in [1.165, 1.54) is 5.69 Å². The molecule has 0 radical (unpaired) electrons. The van der Waals surface area contributed by atoms with Crippen molar-refractivity contribution in [3.05, 3.63) is 53.1 Å². The van der Waals surface area contributed by atoms with Crippen LogP contribution >= 0.6 is 11.6 Å². The van der Waals surface area contributed by atoms with E-state index in [9.17, 15) is 0 Å². The first-order valence-electron chi connectivity index (χ1n) is 6.48. The molecule has 4 heteroatoms. The fourth-order valence-corrected chi connectivity index (χ4v) is 2.83. The van der Waals surface area contributed by atoms with Gasteiger partial charge in [-0.1, -0.05) is 23.7 Å². The Bertz CT molecular complexity index is 690. The molecule has 100 valence electrons. The molecule has 3 rings (SSSR count). The van der Waals surface area contributed by atoms with Crippen LogP contribution in [0.2, 0.25) is 5.02 Å². The van der Waals surface area contributed by atoms with Gasteiger partial charge in [-0.05, 0) is 30.3 Å². The summed E-state index contributed by atoms with van der Waals surface area (Å²) in [6, 6.07) is 15.8. The van der Waals surface area contributed by atoms with Gasteiger partial charge in [0, 0.05) is 20.1 Å². The van der Waals surface area contributed by atoms with Gasteiger partial charge in [-0.3, -0.25) is 0 Å². The average Bonchev–Trinajstić information content (AvgIpc) is 2.48. The third-order valence-electron chi connectivity index (χ3n) is 3.61. The molecular formula is C16H14ClN3. The van der Waals surface area contributed by atoms with Crippen molar-refractivity contribution in [3.8, 4) is 6.07 Å². The van der Waals surface area contributed by atoms with Crippen molar-refractivity contribution in [1.29, 1.82) is 5.26 Å². The zero-order valence-corrected chi connectivity index (χ0v) is 11.9. The molecule has 0 aliphatic carbocycles. The van der Waals surface area contributed by atoms with E-state index >= 15 is 0 Å². The highest BCUT2D eigenvalue weighted by Crippen LogP contribution is 2.39. The van der Waals surface area contributed by atoms with Gasteiger partial charge in [0.15, 0.2) is 0 Å². The first kappa shape index (κ1) is 12.8. The number of rotatable bonds is 1. The summed E-state index contributed by atoms with van der Waals surface area (Å²) in [5, 5.41) is 9.54. The minimum Gasteiger partial charge on any atom is -0.371 e. The highest BCUT2D eigenvalue weighted by atomic mass is 35.5. The van der Waals surface area contributed by atoms with E-state index < -0.39 is 0 Å². The Balaban J connectivity index is 2.08. The molecule has 0 spiro atoms. The second-order valence-electron chi connectivity index (χ2n) is 4.84. The lowest BCUT2D eigenvalue weighted by Gasteiger charge is -2.37. The molecule has 1 heterocycles.